The summed E-state index contributed by atoms with van der Waals surface area (Å²) in [7, 11) is 1.69. The van der Waals surface area contributed by atoms with Gasteiger partial charge in [-0.15, -0.1) is 0 Å². The summed E-state index contributed by atoms with van der Waals surface area (Å²) < 4.78 is 5.19. The Kier molecular flexibility index (Phi) is 4.75. The zero-order valence-electron chi connectivity index (χ0n) is 12.6. The molecule has 1 aliphatic heterocycles. The highest BCUT2D eigenvalue weighted by atomic mass is 35.5. The Bertz CT molecular complexity index is 595. The number of piperazine rings is 1. The number of hydrogen-bond donors (Lipinski definition) is 0. The molecule has 0 N–H and O–H groups in total. The van der Waals surface area contributed by atoms with Gasteiger partial charge < -0.3 is 9.64 Å². The predicted octanol–water partition coefficient (Wildman–Crippen LogP) is 2.46. The molecule has 3 rings (SSSR count). The average Bonchev–Trinajstić information content (AvgIpc) is 2.57. The maximum Gasteiger partial charge on any atom is 0.225 e. The Morgan fingerprint density at radius 1 is 1.05 bits per heavy atom. The highest BCUT2D eigenvalue weighted by Gasteiger charge is 2.18. The predicted molar refractivity (Wildman–Crippen MR) is 87.5 cm³/mol. The van der Waals surface area contributed by atoms with Gasteiger partial charge in [-0.2, -0.15) is 0 Å². The van der Waals surface area contributed by atoms with Crippen LogP contribution in [0.5, 0.6) is 5.75 Å². The van der Waals surface area contributed by atoms with Crippen molar-refractivity contribution in [2.75, 3.05) is 38.2 Å². The molecule has 0 aliphatic carbocycles. The van der Waals surface area contributed by atoms with Crippen molar-refractivity contribution < 1.29 is 4.74 Å². The van der Waals surface area contributed by atoms with Gasteiger partial charge in [-0.05, 0) is 17.7 Å². The number of aromatic nitrogens is 2. The second kappa shape index (κ2) is 6.94. The number of halogens is 1. The van der Waals surface area contributed by atoms with E-state index >= 15 is 0 Å². The number of anilines is 1. The fourth-order valence-electron chi connectivity index (χ4n) is 2.56. The van der Waals surface area contributed by atoms with E-state index in [4.69, 9.17) is 16.3 Å². The summed E-state index contributed by atoms with van der Waals surface area (Å²) in [5.41, 5.74) is 1.30. The molecular formula is C16H19ClN4O. The number of rotatable bonds is 4. The van der Waals surface area contributed by atoms with Crippen LogP contribution in [0.15, 0.2) is 36.7 Å². The second-order valence-electron chi connectivity index (χ2n) is 5.31. The zero-order valence-corrected chi connectivity index (χ0v) is 13.3. The van der Waals surface area contributed by atoms with Gasteiger partial charge in [0.25, 0.3) is 0 Å². The van der Waals surface area contributed by atoms with Crippen molar-refractivity contribution in [2.45, 2.75) is 6.54 Å². The first-order valence-corrected chi connectivity index (χ1v) is 7.70. The smallest absolute Gasteiger partial charge is 0.225 e. The number of nitrogens with zero attached hydrogens (tertiary/aromatic N) is 4. The Balaban J connectivity index is 1.53. The topological polar surface area (TPSA) is 41.5 Å². The molecule has 6 heteroatoms. The fraction of sp³-hybridized carbons (Fsp3) is 0.375. The third kappa shape index (κ3) is 3.67. The number of hydrogen-bond acceptors (Lipinski definition) is 5. The first kappa shape index (κ1) is 15.1. The van der Waals surface area contributed by atoms with Crippen molar-refractivity contribution in [2.24, 2.45) is 0 Å². The summed E-state index contributed by atoms with van der Waals surface area (Å²) in [5, 5.41) is 0.571. The van der Waals surface area contributed by atoms with E-state index in [0.29, 0.717) is 5.02 Å². The van der Waals surface area contributed by atoms with Crippen molar-refractivity contribution in [3.63, 3.8) is 0 Å². The lowest BCUT2D eigenvalue weighted by Gasteiger charge is -2.34. The minimum atomic E-state index is 0.571. The minimum Gasteiger partial charge on any atom is -0.497 e. The lowest BCUT2D eigenvalue weighted by molar-refractivity contribution is 0.248. The van der Waals surface area contributed by atoms with E-state index in [1.165, 1.54) is 5.56 Å². The molecule has 0 amide bonds. The third-order valence-electron chi connectivity index (χ3n) is 3.83. The monoisotopic (exact) mass is 318 g/mol. The molecule has 0 atom stereocenters. The third-order valence-corrected chi connectivity index (χ3v) is 4.02. The van der Waals surface area contributed by atoms with Crippen molar-refractivity contribution >= 4 is 17.5 Å². The van der Waals surface area contributed by atoms with Gasteiger partial charge in [0.15, 0.2) is 0 Å². The molecule has 1 aromatic heterocycles. The van der Waals surface area contributed by atoms with Crippen LogP contribution in [0.1, 0.15) is 5.56 Å². The van der Waals surface area contributed by atoms with Crippen LogP contribution in [-0.4, -0.2) is 48.2 Å². The lowest BCUT2D eigenvalue weighted by atomic mass is 10.2. The molecule has 0 bridgehead atoms. The maximum atomic E-state index is 5.82. The normalized spacial score (nSPS) is 15.8. The van der Waals surface area contributed by atoms with Gasteiger partial charge in [-0.25, -0.2) is 9.97 Å². The molecule has 1 aromatic carbocycles. The van der Waals surface area contributed by atoms with Crippen LogP contribution in [0, 0.1) is 0 Å². The lowest BCUT2D eigenvalue weighted by Crippen LogP contribution is -2.46. The molecule has 116 valence electrons. The van der Waals surface area contributed by atoms with Crippen LogP contribution >= 0.6 is 11.6 Å². The summed E-state index contributed by atoms with van der Waals surface area (Å²) in [5.74, 6) is 1.65. The number of benzene rings is 1. The molecule has 22 heavy (non-hydrogen) atoms. The molecule has 1 fully saturated rings. The van der Waals surface area contributed by atoms with E-state index in [0.717, 1.165) is 44.4 Å². The highest BCUT2D eigenvalue weighted by Crippen LogP contribution is 2.16. The quantitative estimate of drug-likeness (QED) is 0.866. The van der Waals surface area contributed by atoms with Crippen molar-refractivity contribution in [3.8, 4) is 5.75 Å². The average molecular weight is 319 g/mol. The second-order valence-corrected chi connectivity index (χ2v) is 5.75. The van der Waals surface area contributed by atoms with Gasteiger partial charge in [0.1, 0.15) is 5.75 Å². The Labute approximate surface area is 135 Å². The first-order valence-electron chi connectivity index (χ1n) is 7.32. The van der Waals surface area contributed by atoms with Crippen molar-refractivity contribution in [3.05, 3.63) is 47.2 Å². The van der Waals surface area contributed by atoms with Crippen LogP contribution in [0.3, 0.4) is 0 Å². The van der Waals surface area contributed by atoms with Crippen LogP contribution in [0.25, 0.3) is 0 Å². The summed E-state index contributed by atoms with van der Waals surface area (Å²) in [6, 6.07) is 8.25. The van der Waals surface area contributed by atoms with Crippen LogP contribution < -0.4 is 9.64 Å². The maximum absolute atomic E-state index is 5.82. The molecule has 0 radical (unpaired) electrons. The van der Waals surface area contributed by atoms with Gasteiger partial charge in [0.05, 0.1) is 24.5 Å². The first-order chi connectivity index (χ1) is 10.7. The van der Waals surface area contributed by atoms with E-state index in [9.17, 15) is 0 Å². The van der Waals surface area contributed by atoms with E-state index in [1.54, 1.807) is 19.5 Å². The zero-order chi connectivity index (χ0) is 15.4. The van der Waals surface area contributed by atoms with Crippen molar-refractivity contribution in [1.82, 2.24) is 14.9 Å². The summed E-state index contributed by atoms with van der Waals surface area (Å²) in [6.07, 6.45) is 3.29. The largest absolute Gasteiger partial charge is 0.497 e. The van der Waals surface area contributed by atoms with Crippen molar-refractivity contribution in [1.29, 1.82) is 0 Å². The molecule has 2 aromatic rings. The molecular weight excluding hydrogens is 300 g/mol. The minimum absolute atomic E-state index is 0.571. The van der Waals surface area contributed by atoms with E-state index < -0.39 is 0 Å². The summed E-state index contributed by atoms with van der Waals surface area (Å²) >= 11 is 5.82. The number of ether oxygens (including phenoxy) is 1. The Morgan fingerprint density at radius 3 is 2.27 bits per heavy atom. The Hall–Kier alpha value is -1.85. The standard InChI is InChI=1S/C16H19ClN4O/c1-22-15-4-2-13(3-5-15)12-20-6-8-21(9-7-20)16-18-10-14(17)11-19-16/h2-5,10-11H,6-9,12H2,1H3. The van der Waals surface area contributed by atoms with E-state index in [2.05, 4.69) is 31.9 Å². The molecule has 5 nitrogen and oxygen atoms in total. The molecule has 0 saturated carbocycles. The van der Waals surface area contributed by atoms with Gasteiger partial charge in [-0.3, -0.25) is 4.90 Å². The van der Waals surface area contributed by atoms with Gasteiger partial charge in [0, 0.05) is 32.7 Å². The number of methoxy groups -OCH3 is 1. The molecule has 1 aliphatic rings. The summed E-state index contributed by atoms with van der Waals surface area (Å²) in [6.45, 7) is 4.81. The molecule has 0 unspecified atom stereocenters. The van der Waals surface area contributed by atoms with Crippen LogP contribution in [0.2, 0.25) is 5.02 Å². The Morgan fingerprint density at radius 2 is 1.68 bits per heavy atom. The molecule has 0 spiro atoms. The fourth-order valence-corrected chi connectivity index (χ4v) is 2.66. The van der Waals surface area contributed by atoms with E-state index in [1.807, 2.05) is 12.1 Å². The highest BCUT2D eigenvalue weighted by molar-refractivity contribution is 6.30. The molecule has 2 heterocycles. The van der Waals surface area contributed by atoms with Gasteiger partial charge >= 0.3 is 0 Å². The van der Waals surface area contributed by atoms with Crippen LogP contribution in [0.4, 0.5) is 5.95 Å². The van der Waals surface area contributed by atoms with E-state index in [-0.39, 0.29) is 0 Å². The van der Waals surface area contributed by atoms with Crippen LogP contribution in [-0.2, 0) is 6.54 Å². The van der Waals surface area contributed by atoms with Gasteiger partial charge in [-0.1, -0.05) is 23.7 Å². The van der Waals surface area contributed by atoms with Gasteiger partial charge in [0.2, 0.25) is 5.95 Å². The SMILES string of the molecule is COc1ccc(CN2CCN(c3ncc(Cl)cn3)CC2)cc1. The summed E-state index contributed by atoms with van der Waals surface area (Å²) in [4.78, 5) is 13.2. The molecule has 1 saturated heterocycles.